The van der Waals surface area contributed by atoms with E-state index in [2.05, 4.69) is 4.72 Å². The Kier molecular flexibility index (Phi) is 5.29. The van der Waals surface area contributed by atoms with E-state index in [4.69, 9.17) is 9.15 Å². The first kappa shape index (κ1) is 20.3. The highest BCUT2D eigenvalue weighted by Gasteiger charge is 2.25. The van der Waals surface area contributed by atoms with Gasteiger partial charge >= 0.3 is 5.97 Å². The van der Waals surface area contributed by atoms with Gasteiger partial charge in [-0.3, -0.25) is 9.52 Å². The number of hydrogen-bond acceptors (Lipinski definition) is 6. The fourth-order valence-electron chi connectivity index (χ4n) is 2.86. The number of benzene rings is 2. The second-order valence-corrected chi connectivity index (χ2v) is 7.95. The van der Waals surface area contributed by atoms with Gasteiger partial charge in [0.25, 0.3) is 0 Å². The van der Waals surface area contributed by atoms with Crippen molar-refractivity contribution in [2.45, 2.75) is 6.92 Å². The Balaban J connectivity index is 2.19. The first-order valence-corrected chi connectivity index (χ1v) is 9.90. The fourth-order valence-corrected chi connectivity index (χ4v) is 3.96. The monoisotopic (exact) mass is 421 g/mol. The predicted molar refractivity (Wildman–Crippen MR) is 103 cm³/mol. The topological polar surface area (TPSA) is 123 Å². The molecular weight excluding hydrogens is 405 g/mol. The number of carboxylic acids is 1. The van der Waals surface area contributed by atoms with Gasteiger partial charge in [0.15, 0.2) is 0 Å². The number of hydrogen-bond donors (Lipinski definition) is 2. The lowest BCUT2D eigenvalue weighted by Gasteiger charge is -2.11. The molecule has 0 atom stereocenters. The minimum Gasteiger partial charge on any atom is -0.495 e. The Morgan fingerprint density at radius 1 is 1.21 bits per heavy atom. The molecular formula is C19H16FNO7S. The lowest BCUT2D eigenvalue weighted by molar-refractivity contribution is -0.114. The summed E-state index contributed by atoms with van der Waals surface area (Å²) in [6, 6.07) is 7.65. The standard InChI is InChI=1S/C19H16FNO7S/c1-10(22)9-29(25,26)21-14-8-15-13(7-16(14)27-2)17(19(23)24)18(28-15)11-3-5-12(20)6-4-11/h3-8,21H,9H2,1-2H3,(H,23,24). The van der Waals surface area contributed by atoms with Gasteiger partial charge in [-0.2, -0.15) is 0 Å². The molecule has 1 aromatic heterocycles. The summed E-state index contributed by atoms with van der Waals surface area (Å²) in [5, 5.41) is 9.83. The number of anilines is 1. The molecule has 0 aliphatic carbocycles. The molecule has 0 amide bonds. The summed E-state index contributed by atoms with van der Waals surface area (Å²) >= 11 is 0. The van der Waals surface area contributed by atoms with Crippen LogP contribution in [0.25, 0.3) is 22.3 Å². The SMILES string of the molecule is COc1cc2c(C(=O)O)c(-c3ccc(F)cc3)oc2cc1NS(=O)(=O)CC(C)=O. The van der Waals surface area contributed by atoms with E-state index < -0.39 is 33.3 Å². The van der Waals surface area contributed by atoms with Gasteiger partial charge < -0.3 is 14.3 Å². The lowest BCUT2D eigenvalue weighted by atomic mass is 10.1. The normalized spacial score (nSPS) is 11.4. The van der Waals surface area contributed by atoms with Gasteiger partial charge in [-0.1, -0.05) is 0 Å². The molecule has 29 heavy (non-hydrogen) atoms. The summed E-state index contributed by atoms with van der Waals surface area (Å²) in [7, 11) is -2.71. The van der Waals surface area contributed by atoms with Crippen LogP contribution in [0.4, 0.5) is 10.1 Å². The summed E-state index contributed by atoms with van der Waals surface area (Å²) in [6.07, 6.45) is 0. The number of sulfonamides is 1. The lowest BCUT2D eigenvalue weighted by Crippen LogP contribution is -2.21. The number of methoxy groups -OCH3 is 1. The van der Waals surface area contributed by atoms with Gasteiger partial charge in [0.2, 0.25) is 10.0 Å². The van der Waals surface area contributed by atoms with Crippen LogP contribution in [-0.2, 0) is 14.8 Å². The molecule has 3 aromatic rings. The highest BCUT2D eigenvalue weighted by molar-refractivity contribution is 7.93. The quantitative estimate of drug-likeness (QED) is 0.600. The molecule has 1 heterocycles. The summed E-state index contributed by atoms with van der Waals surface area (Å²) < 4.78 is 50.5. The summed E-state index contributed by atoms with van der Waals surface area (Å²) in [5.41, 5.74) is 0.210. The third kappa shape index (κ3) is 4.21. The Bertz CT molecular complexity index is 1210. The second kappa shape index (κ2) is 7.55. The zero-order valence-corrected chi connectivity index (χ0v) is 16.2. The minimum atomic E-state index is -3.99. The van der Waals surface area contributed by atoms with E-state index in [1.807, 2.05) is 0 Å². The molecule has 0 fully saturated rings. The van der Waals surface area contributed by atoms with Crippen LogP contribution in [0.5, 0.6) is 5.75 Å². The fraction of sp³-hybridized carbons (Fsp3) is 0.158. The Hall–Kier alpha value is -3.40. The molecule has 2 aromatic carbocycles. The average molecular weight is 421 g/mol. The zero-order valence-electron chi connectivity index (χ0n) is 15.4. The third-order valence-electron chi connectivity index (χ3n) is 3.99. The number of carbonyl (C=O) groups is 2. The van der Waals surface area contributed by atoms with E-state index in [0.29, 0.717) is 5.56 Å². The first-order valence-electron chi connectivity index (χ1n) is 8.25. The van der Waals surface area contributed by atoms with E-state index in [1.165, 1.54) is 31.4 Å². The molecule has 0 unspecified atom stereocenters. The average Bonchev–Trinajstić information content (AvgIpc) is 2.98. The summed E-state index contributed by atoms with van der Waals surface area (Å²) in [5.74, 6) is -3.03. The van der Waals surface area contributed by atoms with Gasteiger partial charge in [0, 0.05) is 17.0 Å². The number of ketones is 1. The number of Topliss-reactive ketones (excluding diaryl/α,β-unsaturated/α-hetero) is 1. The largest absolute Gasteiger partial charge is 0.495 e. The van der Waals surface area contributed by atoms with E-state index in [-0.39, 0.29) is 33.7 Å². The molecule has 0 saturated carbocycles. The maximum absolute atomic E-state index is 13.2. The molecule has 0 aliphatic heterocycles. The Labute approximate surface area is 164 Å². The maximum Gasteiger partial charge on any atom is 0.340 e. The molecule has 8 nitrogen and oxygen atoms in total. The van der Waals surface area contributed by atoms with Crippen LogP contribution in [-0.4, -0.2) is 38.1 Å². The highest BCUT2D eigenvalue weighted by Crippen LogP contribution is 2.39. The number of rotatable bonds is 7. The summed E-state index contributed by atoms with van der Waals surface area (Å²) in [4.78, 5) is 23.0. The Morgan fingerprint density at radius 3 is 2.41 bits per heavy atom. The van der Waals surface area contributed by atoms with Gasteiger partial charge in [-0.15, -0.1) is 0 Å². The van der Waals surface area contributed by atoms with Crippen molar-refractivity contribution in [3.8, 4) is 17.1 Å². The molecule has 0 spiro atoms. The minimum absolute atomic E-state index is 0.0155. The van der Waals surface area contributed by atoms with Crippen molar-refractivity contribution >= 4 is 38.4 Å². The number of aromatic carboxylic acids is 1. The molecule has 0 bridgehead atoms. The molecule has 152 valence electrons. The van der Waals surface area contributed by atoms with Crippen LogP contribution in [0.2, 0.25) is 0 Å². The number of carbonyl (C=O) groups excluding carboxylic acids is 1. The zero-order chi connectivity index (χ0) is 21.3. The molecule has 10 heteroatoms. The predicted octanol–water partition coefficient (Wildman–Crippen LogP) is 3.28. The molecule has 2 N–H and O–H groups in total. The van der Waals surface area contributed by atoms with Gasteiger partial charge in [0.05, 0.1) is 12.8 Å². The van der Waals surface area contributed by atoms with Crippen molar-refractivity contribution in [1.82, 2.24) is 0 Å². The van der Waals surface area contributed by atoms with Gasteiger partial charge in [0.1, 0.15) is 40.0 Å². The smallest absolute Gasteiger partial charge is 0.340 e. The van der Waals surface area contributed by atoms with Gasteiger partial charge in [-0.25, -0.2) is 17.6 Å². The van der Waals surface area contributed by atoms with Crippen LogP contribution < -0.4 is 9.46 Å². The number of furan rings is 1. The Morgan fingerprint density at radius 2 is 1.86 bits per heavy atom. The first-order chi connectivity index (χ1) is 13.6. The second-order valence-electron chi connectivity index (χ2n) is 6.23. The van der Waals surface area contributed by atoms with Crippen LogP contribution in [0.3, 0.4) is 0 Å². The highest BCUT2D eigenvalue weighted by atomic mass is 32.2. The molecule has 3 rings (SSSR count). The van der Waals surface area contributed by atoms with Crippen LogP contribution in [0, 0.1) is 5.82 Å². The van der Waals surface area contributed by atoms with Crippen molar-refractivity contribution in [1.29, 1.82) is 0 Å². The van der Waals surface area contributed by atoms with E-state index in [0.717, 1.165) is 19.1 Å². The van der Waals surface area contributed by atoms with Crippen molar-refractivity contribution in [3.05, 3.63) is 47.8 Å². The maximum atomic E-state index is 13.2. The number of ether oxygens (including phenoxy) is 1. The van der Waals surface area contributed by atoms with E-state index in [9.17, 15) is 27.5 Å². The van der Waals surface area contributed by atoms with Crippen LogP contribution in [0.15, 0.2) is 40.8 Å². The number of fused-ring (bicyclic) bond motifs is 1. The van der Waals surface area contributed by atoms with Crippen LogP contribution in [0.1, 0.15) is 17.3 Å². The molecule has 0 aliphatic rings. The molecule has 0 radical (unpaired) electrons. The molecule has 0 saturated heterocycles. The van der Waals surface area contributed by atoms with Crippen molar-refractivity contribution < 1.29 is 36.7 Å². The number of nitrogens with one attached hydrogen (secondary N) is 1. The number of carboxylic acid groups (broad SMARTS) is 1. The van der Waals surface area contributed by atoms with E-state index in [1.54, 1.807) is 0 Å². The van der Waals surface area contributed by atoms with Crippen molar-refractivity contribution in [2.24, 2.45) is 0 Å². The van der Waals surface area contributed by atoms with Crippen molar-refractivity contribution in [3.63, 3.8) is 0 Å². The third-order valence-corrected chi connectivity index (χ3v) is 5.31. The summed E-state index contributed by atoms with van der Waals surface area (Å²) in [6.45, 7) is 1.14. The van der Waals surface area contributed by atoms with Crippen LogP contribution >= 0.6 is 0 Å². The van der Waals surface area contributed by atoms with E-state index >= 15 is 0 Å². The van der Waals surface area contributed by atoms with Gasteiger partial charge in [-0.05, 0) is 37.3 Å². The number of halogens is 1. The van der Waals surface area contributed by atoms with Crippen molar-refractivity contribution in [2.75, 3.05) is 17.6 Å².